The van der Waals surface area contributed by atoms with E-state index >= 15 is 0 Å². The summed E-state index contributed by atoms with van der Waals surface area (Å²) < 4.78 is 16.1. The highest BCUT2D eigenvalue weighted by molar-refractivity contribution is 7.99. The number of rotatable bonds is 5. The van der Waals surface area contributed by atoms with Crippen LogP contribution in [0.25, 0.3) is 17.1 Å². The molecule has 0 radical (unpaired) electrons. The largest absolute Gasteiger partial charge is 0.390 e. The fraction of sp³-hybridized carbons (Fsp3) is 0.263. The van der Waals surface area contributed by atoms with Crippen LogP contribution in [0, 0.1) is 12.7 Å². The van der Waals surface area contributed by atoms with Gasteiger partial charge in [-0.1, -0.05) is 41.6 Å². The molecule has 3 rings (SSSR count). The molecule has 130 valence electrons. The zero-order valence-electron chi connectivity index (χ0n) is 14.4. The highest BCUT2D eigenvalue weighted by Crippen LogP contribution is 2.30. The van der Waals surface area contributed by atoms with Gasteiger partial charge in [0, 0.05) is 11.4 Å². The van der Waals surface area contributed by atoms with E-state index in [-0.39, 0.29) is 5.82 Å². The molecule has 1 aromatic heterocycles. The number of aromatic nitrogens is 3. The lowest BCUT2D eigenvalue weighted by Crippen LogP contribution is -2.22. The smallest absolute Gasteiger partial charge is 0.196 e. The molecule has 0 aliphatic heterocycles. The van der Waals surface area contributed by atoms with Crippen LogP contribution in [-0.4, -0.2) is 31.2 Å². The Bertz CT molecular complexity index is 869. The number of hydrogen-bond acceptors (Lipinski definition) is 4. The van der Waals surface area contributed by atoms with Gasteiger partial charge in [-0.15, -0.1) is 10.2 Å². The van der Waals surface area contributed by atoms with Gasteiger partial charge in [0.1, 0.15) is 5.82 Å². The Balaban J connectivity index is 2.11. The second-order valence-corrected chi connectivity index (χ2v) is 7.50. The first-order valence-electron chi connectivity index (χ1n) is 7.98. The summed E-state index contributed by atoms with van der Waals surface area (Å²) in [4.78, 5) is 0. The molecule has 0 unspecified atom stereocenters. The van der Waals surface area contributed by atoms with E-state index in [1.54, 1.807) is 32.0 Å². The predicted octanol–water partition coefficient (Wildman–Crippen LogP) is 4.24. The third kappa shape index (κ3) is 4.08. The van der Waals surface area contributed by atoms with E-state index in [1.165, 1.54) is 17.8 Å². The Morgan fingerprint density at radius 3 is 2.40 bits per heavy atom. The second kappa shape index (κ2) is 6.98. The number of benzene rings is 2. The number of halogens is 1. The first-order chi connectivity index (χ1) is 11.8. The fourth-order valence-corrected chi connectivity index (χ4v) is 3.25. The molecule has 0 amide bonds. The first kappa shape index (κ1) is 17.6. The van der Waals surface area contributed by atoms with E-state index in [0.717, 1.165) is 11.3 Å². The summed E-state index contributed by atoms with van der Waals surface area (Å²) in [5.41, 5.74) is 1.54. The van der Waals surface area contributed by atoms with Crippen LogP contribution >= 0.6 is 11.8 Å². The van der Waals surface area contributed by atoms with Crippen molar-refractivity contribution in [3.8, 4) is 17.1 Å². The SMILES string of the molecule is Cc1ccc(-n2c(SCC(C)(C)O)nnc2-c2ccccc2F)cc1. The maximum Gasteiger partial charge on any atom is 0.196 e. The van der Waals surface area contributed by atoms with Crippen molar-refractivity contribution in [3.05, 3.63) is 59.9 Å². The van der Waals surface area contributed by atoms with Crippen LogP contribution in [0.1, 0.15) is 19.4 Å². The second-order valence-electron chi connectivity index (χ2n) is 6.56. The van der Waals surface area contributed by atoms with Gasteiger partial charge >= 0.3 is 0 Å². The summed E-state index contributed by atoms with van der Waals surface area (Å²) in [5, 5.41) is 19.1. The molecule has 0 atom stereocenters. The molecule has 0 spiro atoms. The van der Waals surface area contributed by atoms with Crippen LogP contribution in [-0.2, 0) is 0 Å². The summed E-state index contributed by atoms with van der Waals surface area (Å²) >= 11 is 1.39. The van der Waals surface area contributed by atoms with Crippen LogP contribution < -0.4 is 0 Å². The maximum atomic E-state index is 14.3. The van der Waals surface area contributed by atoms with Gasteiger partial charge in [-0.3, -0.25) is 4.57 Å². The molecule has 6 heteroatoms. The van der Waals surface area contributed by atoms with E-state index in [2.05, 4.69) is 10.2 Å². The summed E-state index contributed by atoms with van der Waals surface area (Å²) in [5.74, 6) is 0.552. The molecule has 2 aromatic carbocycles. The minimum atomic E-state index is -0.840. The Hall–Kier alpha value is -2.18. The average molecular weight is 357 g/mol. The van der Waals surface area contributed by atoms with Crippen LogP contribution in [0.4, 0.5) is 4.39 Å². The minimum Gasteiger partial charge on any atom is -0.390 e. The highest BCUT2D eigenvalue weighted by atomic mass is 32.2. The van der Waals surface area contributed by atoms with E-state index < -0.39 is 5.60 Å². The molecule has 0 bridgehead atoms. The van der Waals surface area contributed by atoms with Gasteiger partial charge < -0.3 is 5.11 Å². The number of nitrogens with zero attached hydrogens (tertiary/aromatic N) is 3. The first-order valence-corrected chi connectivity index (χ1v) is 8.96. The van der Waals surface area contributed by atoms with Crippen molar-refractivity contribution < 1.29 is 9.50 Å². The molecule has 3 aromatic rings. The predicted molar refractivity (Wildman–Crippen MR) is 98.5 cm³/mol. The van der Waals surface area contributed by atoms with Crippen LogP contribution in [0.15, 0.2) is 53.7 Å². The number of hydrogen-bond donors (Lipinski definition) is 1. The van der Waals surface area contributed by atoms with E-state index in [4.69, 9.17) is 0 Å². The molecule has 25 heavy (non-hydrogen) atoms. The molecule has 4 nitrogen and oxygen atoms in total. The van der Waals surface area contributed by atoms with Crippen LogP contribution in [0.2, 0.25) is 0 Å². The molecule has 1 heterocycles. The van der Waals surface area contributed by atoms with Crippen LogP contribution in [0.3, 0.4) is 0 Å². The molecule has 0 fully saturated rings. The fourth-order valence-electron chi connectivity index (χ4n) is 2.35. The third-order valence-corrected chi connectivity index (χ3v) is 4.97. The van der Waals surface area contributed by atoms with Crippen molar-refractivity contribution in [3.63, 3.8) is 0 Å². The number of thioether (sulfide) groups is 1. The van der Waals surface area contributed by atoms with Crippen molar-refractivity contribution in [1.82, 2.24) is 14.8 Å². The van der Waals surface area contributed by atoms with Crippen molar-refractivity contribution in [2.75, 3.05) is 5.75 Å². The van der Waals surface area contributed by atoms with Crippen molar-refractivity contribution in [2.45, 2.75) is 31.5 Å². The van der Waals surface area contributed by atoms with Gasteiger partial charge in [0.05, 0.1) is 11.2 Å². The highest BCUT2D eigenvalue weighted by Gasteiger charge is 2.21. The Morgan fingerprint density at radius 1 is 1.08 bits per heavy atom. The lowest BCUT2D eigenvalue weighted by atomic mass is 10.2. The summed E-state index contributed by atoms with van der Waals surface area (Å²) in [6, 6.07) is 14.4. The Labute approximate surface area is 150 Å². The van der Waals surface area contributed by atoms with Crippen molar-refractivity contribution in [1.29, 1.82) is 0 Å². The van der Waals surface area contributed by atoms with Gasteiger partial charge in [-0.25, -0.2) is 4.39 Å². The molecule has 1 N–H and O–H groups in total. The maximum absolute atomic E-state index is 14.3. The van der Waals surface area contributed by atoms with Gasteiger partial charge in [-0.2, -0.15) is 0 Å². The average Bonchev–Trinajstić information content (AvgIpc) is 2.97. The number of aryl methyl sites for hydroxylation is 1. The number of aliphatic hydroxyl groups is 1. The molecule has 0 aliphatic carbocycles. The zero-order chi connectivity index (χ0) is 18.0. The summed E-state index contributed by atoms with van der Waals surface area (Å²) in [6.45, 7) is 5.49. The molecule has 0 aliphatic rings. The van der Waals surface area contributed by atoms with Gasteiger partial charge in [0.15, 0.2) is 11.0 Å². The van der Waals surface area contributed by atoms with Crippen LogP contribution in [0.5, 0.6) is 0 Å². The van der Waals surface area contributed by atoms with Gasteiger partial charge in [0.25, 0.3) is 0 Å². The van der Waals surface area contributed by atoms with Gasteiger partial charge in [-0.05, 0) is 45.0 Å². The molecular weight excluding hydrogens is 337 g/mol. The zero-order valence-corrected chi connectivity index (χ0v) is 15.2. The quantitative estimate of drug-likeness (QED) is 0.694. The summed E-state index contributed by atoms with van der Waals surface area (Å²) in [7, 11) is 0. The normalized spacial score (nSPS) is 11.7. The monoisotopic (exact) mass is 357 g/mol. The standard InChI is InChI=1S/C19H20FN3OS/c1-13-8-10-14(11-9-13)23-17(15-6-4-5-7-16(15)20)21-22-18(23)25-12-19(2,3)24/h4-11,24H,12H2,1-3H3. The topological polar surface area (TPSA) is 50.9 Å². The Morgan fingerprint density at radius 2 is 1.76 bits per heavy atom. The lowest BCUT2D eigenvalue weighted by Gasteiger charge is -2.16. The van der Waals surface area contributed by atoms with Crippen molar-refractivity contribution in [2.24, 2.45) is 0 Å². The van der Waals surface area contributed by atoms with E-state index in [1.807, 2.05) is 35.8 Å². The summed E-state index contributed by atoms with van der Waals surface area (Å²) in [6.07, 6.45) is 0. The lowest BCUT2D eigenvalue weighted by molar-refractivity contribution is 0.107. The Kier molecular flexibility index (Phi) is 4.92. The van der Waals surface area contributed by atoms with Gasteiger partial charge in [0.2, 0.25) is 0 Å². The molecular formula is C19H20FN3OS. The van der Waals surface area contributed by atoms with Crippen molar-refractivity contribution >= 4 is 11.8 Å². The minimum absolute atomic E-state index is 0.345. The van der Waals surface area contributed by atoms with E-state index in [0.29, 0.717) is 22.3 Å². The molecule has 0 saturated carbocycles. The molecule has 0 saturated heterocycles. The third-order valence-electron chi connectivity index (χ3n) is 3.59. The van der Waals surface area contributed by atoms with E-state index in [9.17, 15) is 9.50 Å².